The number of ether oxygens (including phenoxy) is 2. The quantitative estimate of drug-likeness (QED) is 0.677. The Morgan fingerprint density at radius 3 is 2.74 bits per heavy atom. The number of hydrogen-bond donors (Lipinski definition) is 1. The highest BCUT2D eigenvalue weighted by atomic mass is 32.2. The number of benzene rings is 2. The van der Waals surface area contributed by atoms with Crippen LogP contribution >= 0.6 is 11.8 Å². The third-order valence-corrected chi connectivity index (χ3v) is 4.80. The molecule has 27 heavy (non-hydrogen) atoms. The second-order valence-corrected chi connectivity index (χ2v) is 6.85. The summed E-state index contributed by atoms with van der Waals surface area (Å²) in [6.45, 7) is 3.05. The minimum absolute atomic E-state index is 0.157. The van der Waals surface area contributed by atoms with Crippen LogP contribution < -0.4 is 14.8 Å². The molecule has 8 nitrogen and oxygen atoms in total. The number of nitrogens with zero attached hydrogens (tertiary/aromatic N) is 4. The number of nitrogens with one attached hydrogen (secondary N) is 1. The number of thioether (sulfide) groups is 1. The molecule has 1 aromatic heterocycles. The number of fused-ring (bicyclic) bond motifs is 1. The zero-order valence-corrected chi connectivity index (χ0v) is 15.4. The van der Waals surface area contributed by atoms with Crippen LogP contribution in [0.1, 0.15) is 5.56 Å². The molecule has 0 saturated carbocycles. The lowest BCUT2D eigenvalue weighted by Crippen LogP contribution is -2.17. The molecule has 1 aliphatic rings. The molecule has 138 valence electrons. The standard InChI is InChI=1S/C18H17N5O3S/c1-12-2-5-14(6-3-12)23-18(20-21-22-23)27-11-17(24)19-13-4-7-15-16(10-13)26-9-8-25-15/h2-7,10H,8-9,11H2,1H3,(H,19,24). The van der Waals surface area contributed by atoms with Gasteiger partial charge < -0.3 is 14.8 Å². The highest BCUT2D eigenvalue weighted by Crippen LogP contribution is 2.32. The fourth-order valence-corrected chi connectivity index (χ4v) is 3.26. The second-order valence-electron chi connectivity index (χ2n) is 5.90. The van der Waals surface area contributed by atoms with E-state index in [9.17, 15) is 4.79 Å². The van der Waals surface area contributed by atoms with Gasteiger partial charge in [-0.15, -0.1) is 5.10 Å². The van der Waals surface area contributed by atoms with Crippen LogP contribution in [0.5, 0.6) is 11.5 Å². The summed E-state index contributed by atoms with van der Waals surface area (Å²) in [7, 11) is 0. The number of carbonyl (C=O) groups excluding carboxylic acids is 1. The van der Waals surface area contributed by atoms with Crippen LogP contribution in [-0.2, 0) is 4.79 Å². The normalized spacial score (nSPS) is 12.6. The molecule has 9 heteroatoms. The first-order valence-corrected chi connectivity index (χ1v) is 9.35. The first kappa shape index (κ1) is 17.3. The van der Waals surface area contributed by atoms with Crippen molar-refractivity contribution in [3.63, 3.8) is 0 Å². The minimum atomic E-state index is -0.157. The van der Waals surface area contributed by atoms with Gasteiger partial charge in [-0.2, -0.15) is 4.68 Å². The monoisotopic (exact) mass is 383 g/mol. The van der Waals surface area contributed by atoms with Crippen molar-refractivity contribution in [3.05, 3.63) is 48.0 Å². The lowest BCUT2D eigenvalue weighted by molar-refractivity contribution is -0.113. The van der Waals surface area contributed by atoms with E-state index in [1.54, 1.807) is 22.9 Å². The van der Waals surface area contributed by atoms with Crippen molar-refractivity contribution in [2.24, 2.45) is 0 Å². The van der Waals surface area contributed by atoms with Crippen molar-refractivity contribution in [2.75, 3.05) is 24.3 Å². The molecule has 2 aromatic carbocycles. The average Bonchev–Trinajstić information content (AvgIpc) is 3.15. The maximum Gasteiger partial charge on any atom is 0.234 e. The Balaban J connectivity index is 1.39. The predicted molar refractivity (Wildman–Crippen MR) is 101 cm³/mol. The molecule has 0 fully saturated rings. The summed E-state index contributed by atoms with van der Waals surface area (Å²) < 4.78 is 12.6. The third kappa shape index (κ3) is 4.03. The Morgan fingerprint density at radius 2 is 1.93 bits per heavy atom. The van der Waals surface area contributed by atoms with E-state index >= 15 is 0 Å². The minimum Gasteiger partial charge on any atom is -0.486 e. The van der Waals surface area contributed by atoms with E-state index in [2.05, 4.69) is 20.8 Å². The Bertz CT molecular complexity index is 958. The summed E-state index contributed by atoms with van der Waals surface area (Å²) in [6.07, 6.45) is 0. The summed E-state index contributed by atoms with van der Waals surface area (Å²) in [4.78, 5) is 12.3. The van der Waals surface area contributed by atoms with Gasteiger partial charge in [0.25, 0.3) is 0 Å². The predicted octanol–water partition coefficient (Wildman–Crippen LogP) is 2.47. The summed E-state index contributed by atoms with van der Waals surface area (Å²) in [5.74, 6) is 1.34. The molecule has 0 atom stereocenters. The van der Waals surface area contributed by atoms with Crippen LogP contribution in [0.2, 0.25) is 0 Å². The highest BCUT2D eigenvalue weighted by molar-refractivity contribution is 7.99. The maximum absolute atomic E-state index is 12.3. The SMILES string of the molecule is Cc1ccc(-n2nnnc2SCC(=O)Nc2ccc3c(c2)OCCO3)cc1. The number of rotatable bonds is 5. The van der Waals surface area contributed by atoms with Gasteiger partial charge in [-0.1, -0.05) is 29.5 Å². The van der Waals surface area contributed by atoms with Crippen LogP contribution in [0, 0.1) is 6.92 Å². The number of amides is 1. The van der Waals surface area contributed by atoms with Gasteiger partial charge in [0.1, 0.15) is 13.2 Å². The first-order valence-electron chi connectivity index (χ1n) is 8.37. The van der Waals surface area contributed by atoms with E-state index in [1.807, 2.05) is 31.2 Å². The molecule has 0 radical (unpaired) electrons. The fourth-order valence-electron chi connectivity index (χ4n) is 2.57. The molecule has 0 unspecified atom stereocenters. The molecule has 4 rings (SSSR count). The Kier molecular flexibility index (Phi) is 4.93. The highest BCUT2D eigenvalue weighted by Gasteiger charge is 2.14. The number of anilines is 1. The summed E-state index contributed by atoms with van der Waals surface area (Å²) in [5, 5.41) is 15.1. The molecule has 0 saturated heterocycles. The van der Waals surface area contributed by atoms with Gasteiger partial charge in [-0.25, -0.2) is 0 Å². The zero-order chi connectivity index (χ0) is 18.6. The Hall–Kier alpha value is -3.07. The Labute approximate surface area is 159 Å². The van der Waals surface area contributed by atoms with Crippen LogP contribution in [0.15, 0.2) is 47.6 Å². The lowest BCUT2D eigenvalue weighted by Gasteiger charge is -2.18. The van der Waals surface area contributed by atoms with Gasteiger partial charge in [-0.3, -0.25) is 4.79 Å². The molecular weight excluding hydrogens is 366 g/mol. The van der Waals surface area contributed by atoms with Gasteiger partial charge in [0.2, 0.25) is 11.1 Å². The largest absolute Gasteiger partial charge is 0.486 e. The summed E-state index contributed by atoms with van der Waals surface area (Å²) >= 11 is 1.27. The van der Waals surface area contributed by atoms with Crippen molar-refractivity contribution in [1.29, 1.82) is 0 Å². The molecule has 0 aliphatic carbocycles. The van der Waals surface area contributed by atoms with Crippen molar-refractivity contribution < 1.29 is 14.3 Å². The average molecular weight is 383 g/mol. The van der Waals surface area contributed by atoms with Crippen molar-refractivity contribution in [3.8, 4) is 17.2 Å². The van der Waals surface area contributed by atoms with Crippen LogP contribution in [-0.4, -0.2) is 45.1 Å². The van der Waals surface area contributed by atoms with E-state index in [0.29, 0.717) is 35.6 Å². The van der Waals surface area contributed by atoms with Crippen LogP contribution in [0.4, 0.5) is 5.69 Å². The number of hydrogen-bond acceptors (Lipinski definition) is 7. The lowest BCUT2D eigenvalue weighted by atomic mass is 10.2. The molecular formula is C18H17N5O3S. The van der Waals surface area contributed by atoms with Crippen molar-refractivity contribution >= 4 is 23.4 Å². The molecule has 3 aromatic rings. The number of tetrazole rings is 1. The van der Waals surface area contributed by atoms with Gasteiger partial charge in [0, 0.05) is 11.8 Å². The molecule has 0 spiro atoms. The van der Waals surface area contributed by atoms with E-state index < -0.39 is 0 Å². The molecule has 1 amide bonds. The number of carbonyl (C=O) groups is 1. The van der Waals surface area contributed by atoms with Crippen molar-refractivity contribution in [1.82, 2.24) is 20.2 Å². The topological polar surface area (TPSA) is 91.2 Å². The smallest absolute Gasteiger partial charge is 0.234 e. The second kappa shape index (κ2) is 7.67. The molecule has 0 bridgehead atoms. The van der Waals surface area contributed by atoms with Gasteiger partial charge in [-0.05, 0) is 41.6 Å². The van der Waals surface area contributed by atoms with E-state index in [1.165, 1.54) is 11.8 Å². The number of aromatic nitrogens is 4. The van der Waals surface area contributed by atoms with Crippen LogP contribution in [0.3, 0.4) is 0 Å². The van der Waals surface area contributed by atoms with Gasteiger partial charge in [0.05, 0.1) is 11.4 Å². The summed E-state index contributed by atoms with van der Waals surface area (Å²) in [5.41, 5.74) is 2.66. The van der Waals surface area contributed by atoms with E-state index in [-0.39, 0.29) is 11.7 Å². The summed E-state index contributed by atoms with van der Waals surface area (Å²) in [6, 6.07) is 13.2. The Morgan fingerprint density at radius 1 is 1.15 bits per heavy atom. The molecule has 2 heterocycles. The van der Waals surface area contributed by atoms with Gasteiger partial charge >= 0.3 is 0 Å². The fraction of sp³-hybridized carbons (Fsp3) is 0.222. The van der Waals surface area contributed by atoms with Gasteiger partial charge in [0.15, 0.2) is 11.5 Å². The van der Waals surface area contributed by atoms with E-state index in [4.69, 9.17) is 9.47 Å². The molecule has 1 N–H and O–H groups in total. The number of aryl methyl sites for hydroxylation is 1. The van der Waals surface area contributed by atoms with E-state index in [0.717, 1.165) is 11.3 Å². The third-order valence-electron chi connectivity index (χ3n) is 3.88. The first-order chi connectivity index (χ1) is 13.2. The van der Waals surface area contributed by atoms with Crippen molar-refractivity contribution in [2.45, 2.75) is 12.1 Å². The zero-order valence-electron chi connectivity index (χ0n) is 14.6. The van der Waals surface area contributed by atoms with Crippen LogP contribution in [0.25, 0.3) is 5.69 Å². The molecule has 1 aliphatic heterocycles. The maximum atomic E-state index is 12.3.